The Hall–Kier alpha value is -2.07. The zero-order valence-electron chi connectivity index (χ0n) is 15.1. The molecule has 1 saturated heterocycles. The van der Waals surface area contributed by atoms with Crippen molar-refractivity contribution in [3.05, 3.63) is 42.5 Å². The Balaban J connectivity index is 1.36. The Morgan fingerprint density at radius 1 is 1.20 bits per heavy atom. The first-order chi connectivity index (χ1) is 12.2. The molecular formula is C21H29N2O2+. The van der Waals surface area contributed by atoms with Gasteiger partial charge in [0.1, 0.15) is 5.75 Å². The SMILES string of the molecule is C[C@@H]1CCCC[NH+]1CCCNC(=O)COc1ccc2ccccc2c1. The molecule has 4 nitrogen and oxygen atoms in total. The fraction of sp³-hybridized carbons (Fsp3) is 0.476. The maximum Gasteiger partial charge on any atom is 0.257 e. The Morgan fingerprint density at radius 2 is 2.04 bits per heavy atom. The van der Waals surface area contributed by atoms with Gasteiger partial charge in [-0.05, 0) is 49.1 Å². The first-order valence-electron chi connectivity index (χ1n) is 9.45. The number of quaternary nitrogens is 1. The molecule has 25 heavy (non-hydrogen) atoms. The fourth-order valence-corrected chi connectivity index (χ4v) is 3.62. The van der Waals surface area contributed by atoms with Gasteiger partial charge in [-0.2, -0.15) is 0 Å². The van der Waals surface area contributed by atoms with Gasteiger partial charge < -0.3 is 15.0 Å². The summed E-state index contributed by atoms with van der Waals surface area (Å²) < 4.78 is 5.62. The lowest BCUT2D eigenvalue weighted by molar-refractivity contribution is -0.928. The second kappa shape index (κ2) is 8.86. The van der Waals surface area contributed by atoms with Crippen LogP contribution in [0, 0.1) is 0 Å². The average molecular weight is 341 g/mol. The molecule has 3 rings (SSSR count). The number of hydrogen-bond acceptors (Lipinski definition) is 2. The van der Waals surface area contributed by atoms with E-state index in [-0.39, 0.29) is 12.5 Å². The minimum atomic E-state index is -0.0464. The lowest BCUT2D eigenvalue weighted by Crippen LogP contribution is -3.16. The van der Waals surface area contributed by atoms with Crippen molar-refractivity contribution in [3.63, 3.8) is 0 Å². The number of carbonyl (C=O) groups excluding carboxylic acids is 1. The van der Waals surface area contributed by atoms with Crippen molar-refractivity contribution in [2.24, 2.45) is 0 Å². The van der Waals surface area contributed by atoms with E-state index in [0.717, 1.165) is 36.7 Å². The van der Waals surface area contributed by atoms with Gasteiger partial charge in [0.05, 0.1) is 19.1 Å². The molecule has 1 amide bonds. The number of nitrogens with one attached hydrogen (secondary N) is 2. The quantitative estimate of drug-likeness (QED) is 0.758. The summed E-state index contributed by atoms with van der Waals surface area (Å²) in [5, 5.41) is 5.27. The molecule has 2 atom stereocenters. The van der Waals surface area contributed by atoms with E-state index in [1.54, 1.807) is 4.90 Å². The van der Waals surface area contributed by atoms with Gasteiger partial charge in [0.25, 0.3) is 5.91 Å². The molecule has 0 aromatic heterocycles. The first-order valence-corrected chi connectivity index (χ1v) is 9.45. The number of rotatable bonds is 7. The molecule has 0 radical (unpaired) electrons. The van der Waals surface area contributed by atoms with Crippen LogP contribution in [0.4, 0.5) is 0 Å². The van der Waals surface area contributed by atoms with Crippen LogP contribution in [-0.4, -0.2) is 38.2 Å². The van der Waals surface area contributed by atoms with E-state index in [1.807, 2.05) is 36.4 Å². The van der Waals surface area contributed by atoms with Crippen LogP contribution in [0.2, 0.25) is 0 Å². The van der Waals surface area contributed by atoms with Crippen LogP contribution in [0.3, 0.4) is 0 Å². The van der Waals surface area contributed by atoms with Gasteiger partial charge in [0.15, 0.2) is 6.61 Å². The van der Waals surface area contributed by atoms with E-state index >= 15 is 0 Å². The smallest absolute Gasteiger partial charge is 0.257 e. The molecule has 1 heterocycles. The zero-order chi connectivity index (χ0) is 17.5. The van der Waals surface area contributed by atoms with E-state index in [0.29, 0.717) is 0 Å². The van der Waals surface area contributed by atoms with Gasteiger partial charge in [0.2, 0.25) is 0 Å². The topological polar surface area (TPSA) is 42.8 Å². The lowest BCUT2D eigenvalue weighted by Gasteiger charge is -2.30. The standard InChI is InChI=1S/C21H28N2O2/c1-17-7-4-5-13-23(17)14-6-12-22-21(24)16-25-20-11-10-18-8-2-3-9-19(18)15-20/h2-3,8-11,15,17H,4-7,12-14,16H2,1H3,(H,22,24)/p+1/t17-/m1/s1. The number of fused-ring (bicyclic) bond motifs is 1. The molecule has 0 spiro atoms. The normalized spacial score (nSPS) is 20.4. The number of ether oxygens (including phenoxy) is 1. The van der Waals surface area contributed by atoms with Crippen molar-refractivity contribution in [1.29, 1.82) is 0 Å². The molecule has 4 heteroatoms. The van der Waals surface area contributed by atoms with E-state index in [2.05, 4.69) is 18.3 Å². The average Bonchev–Trinajstić information content (AvgIpc) is 2.64. The van der Waals surface area contributed by atoms with Crippen LogP contribution in [0.15, 0.2) is 42.5 Å². The summed E-state index contributed by atoms with van der Waals surface area (Å²) in [6, 6.07) is 14.8. The maximum atomic E-state index is 12.0. The van der Waals surface area contributed by atoms with E-state index in [9.17, 15) is 4.79 Å². The first kappa shape index (κ1) is 17.7. The third-order valence-electron chi connectivity index (χ3n) is 5.17. The zero-order valence-corrected chi connectivity index (χ0v) is 15.1. The predicted octanol–water partition coefficient (Wildman–Crippen LogP) is 2.18. The van der Waals surface area contributed by atoms with Gasteiger partial charge in [-0.25, -0.2) is 0 Å². The molecule has 134 valence electrons. The van der Waals surface area contributed by atoms with Gasteiger partial charge in [-0.3, -0.25) is 4.79 Å². The van der Waals surface area contributed by atoms with Crippen LogP contribution in [0.25, 0.3) is 10.8 Å². The highest BCUT2D eigenvalue weighted by Crippen LogP contribution is 2.20. The summed E-state index contributed by atoms with van der Waals surface area (Å²) >= 11 is 0. The summed E-state index contributed by atoms with van der Waals surface area (Å²) in [6.45, 7) is 5.57. The molecule has 0 saturated carbocycles. The van der Waals surface area contributed by atoms with Crippen molar-refractivity contribution in [2.45, 2.75) is 38.6 Å². The Kier molecular flexibility index (Phi) is 6.29. The number of hydrogen-bond donors (Lipinski definition) is 2. The third-order valence-corrected chi connectivity index (χ3v) is 5.17. The maximum absolute atomic E-state index is 12.0. The number of likely N-dealkylation sites (tertiary alicyclic amines) is 1. The monoisotopic (exact) mass is 341 g/mol. The molecule has 2 N–H and O–H groups in total. The Morgan fingerprint density at radius 3 is 2.88 bits per heavy atom. The molecular weight excluding hydrogens is 312 g/mol. The third kappa shape index (κ3) is 5.20. The highest BCUT2D eigenvalue weighted by atomic mass is 16.5. The Labute approximate surface area is 150 Å². The molecule has 0 aliphatic carbocycles. The summed E-state index contributed by atoms with van der Waals surface area (Å²) in [6.07, 6.45) is 5.07. The lowest BCUT2D eigenvalue weighted by atomic mass is 10.0. The molecule has 0 bridgehead atoms. The van der Waals surface area contributed by atoms with E-state index < -0.39 is 0 Å². The van der Waals surface area contributed by atoms with E-state index in [4.69, 9.17) is 4.74 Å². The summed E-state index contributed by atoms with van der Waals surface area (Å²) in [4.78, 5) is 13.6. The number of benzene rings is 2. The van der Waals surface area contributed by atoms with Crippen LogP contribution < -0.4 is 15.0 Å². The Bertz CT molecular complexity index is 701. The largest absolute Gasteiger partial charge is 0.484 e. The molecule has 1 fully saturated rings. The molecule has 1 unspecified atom stereocenters. The second-order valence-corrected chi connectivity index (χ2v) is 7.06. The predicted molar refractivity (Wildman–Crippen MR) is 101 cm³/mol. The minimum Gasteiger partial charge on any atom is -0.484 e. The van der Waals surface area contributed by atoms with Gasteiger partial charge >= 0.3 is 0 Å². The minimum absolute atomic E-state index is 0.0464. The summed E-state index contributed by atoms with van der Waals surface area (Å²) in [5.74, 6) is 0.690. The second-order valence-electron chi connectivity index (χ2n) is 7.06. The van der Waals surface area contributed by atoms with Crippen LogP contribution in [-0.2, 0) is 4.79 Å². The highest BCUT2D eigenvalue weighted by Gasteiger charge is 2.20. The highest BCUT2D eigenvalue weighted by molar-refractivity contribution is 5.84. The van der Waals surface area contributed by atoms with Crippen LogP contribution in [0.1, 0.15) is 32.6 Å². The molecule has 1 aliphatic heterocycles. The number of carbonyl (C=O) groups is 1. The van der Waals surface area contributed by atoms with Crippen molar-refractivity contribution < 1.29 is 14.4 Å². The van der Waals surface area contributed by atoms with Crippen molar-refractivity contribution >= 4 is 16.7 Å². The van der Waals surface area contributed by atoms with Gasteiger partial charge in [0, 0.05) is 13.0 Å². The number of piperidine rings is 1. The van der Waals surface area contributed by atoms with Crippen molar-refractivity contribution in [1.82, 2.24) is 5.32 Å². The van der Waals surface area contributed by atoms with Crippen molar-refractivity contribution in [3.8, 4) is 5.75 Å². The summed E-state index contributed by atoms with van der Waals surface area (Å²) in [7, 11) is 0. The summed E-state index contributed by atoms with van der Waals surface area (Å²) in [5.41, 5.74) is 0. The van der Waals surface area contributed by atoms with Crippen molar-refractivity contribution in [2.75, 3.05) is 26.2 Å². The fourth-order valence-electron chi connectivity index (χ4n) is 3.62. The van der Waals surface area contributed by atoms with E-state index in [1.165, 1.54) is 31.2 Å². The van der Waals surface area contributed by atoms with Gasteiger partial charge in [-0.15, -0.1) is 0 Å². The molecule has 2 aromatic carbocycles. The molecule has 1 aliphatic rings. The van der Waals surface area contributed by atoms with Crippen LogP contribution in [0.5, 0.6) is 5.75 Å². The van der Waals surface area contributed by atoms with Gasteiger partial charge in [-0.1, -0.05) is 30.3 Å². The number of amides is 1. The molecule has 2 aromatic rings. The van der Waals surface area contributed by atoms with Crippen LogP contribution >= 0.6 is 0 Å².